The van der Waals surface area contributed by atoms with E-state index in [-0.39, 0.29) is 22.2 Å². The number of hydrogen-bond donors (Lipinski definition) is 2. The molecule has 5 heterocycles. The Morgan fingerprint density at radius 3 is 2.92 bits per heavy atom. The lowest BCUT2D eigenvalue weighted by atomic mass is 10.0. The summed E-state index contributed by atoms with van der Waals surface area (Å²) in [4.78, 5) is 37.5. The zero-order valence-corrected chi connectivity index (χ0v) is 22.8. The number of benzene rings is 1. The summed E-state index contributed by atoms with van der Waals surface area (Å²) in [6.07, 6.45) is 5.32. The number of nitrogens with zero attached hydrogens (tertiary/aromatic N) is 5. The Hall–Kier alpha value is -3.74. The van der Waals surface area contributed by atoms with Gasteiger partial charge in [-0.15, -0.1) is 11.3 Å². The number of pyridine rings is 1. The molecule has 1 amide bonds. The smallest absolute Gasteiger partial charge is 0.334 e. The number of nitrogens with one attached hydrogen (secondary N) is 2. The van der Waals surface area contributed by atoms with E-state index in [9.17, 15) is 9.59 Å². The average molecular weight is 550 g/mol. The summed E-state index contributed by atoms with van der Waals surface area (Å²) in [6, 6.07) is 7.47. The van der Waals surface area contributed by atoms with Crippen molar-refractivity contribution in [3.8, 4) is 11.6 Å². The summed E-state index contributed by atoms with van der Waals surface area (Å²) >= 11 is 1.19. The quantitative estimate of drug-likeness (QED) is 0.362. The highest BCUT2D eigenvalue weighted by molar-refractivity contribution is 7.12. The number of fused-ring (bicyclic) bond motifs is 1. The summed E-state index contributed by atoms with van der Waals surface area (Å²) in [6.45, 7) is 6.63. The minimum atomic E-state index is -0.349. The standard InChI is InChI=1S/C27H31N7O4S/c1-27(8-4-14-38-27)17-37-21-6-3-5-20-23(21)32(2)26(36)34(20)22-16-39-25(31-22)24(35)30-18-15-29-9-7-19(18)33-12-10-28-11-13-33/h3,5-7,9,15-16,28H,4,8,10-14,17H2,1-2H3,(H,30,35). The summed E-state index contributed by atoms with van der Waals surface area (Å²) < 4.78 is 15.1. The maximum Gasteiger partial charge on any atom is 0.334 e. The van der Waals surface area contributed by atoms with Gasteiger partial charge in [0.05, 0.1) is 28.7 Å². The van der Waals surface area contributed by atoms with Crippen LogP contribution in [0.3, 0.4) is 0 Å². The largest absolute Gasteiger partial charge is 0.488 e. The minimum Gasteiger partial charge on any atom is -0.488 e. The molecular weight excluding hydrogens is 518 g/mol. The van der Waals surface area contributed by atoms with Crippen LogP contribution in [0.15, 0.2) is 46.8 Å². The van der Waals surface area contributed by atoms with E-state index in [1.165, 1.54) is 15.9 Å². The second kappa shape index (κ2) is 10.4. The number of rotatable bonds is 7. The fourth-order valence-corrected chi connectivity index (χ4v) is 5.89. The van der Waals surface area contributed by atoms with E-state index in [1.54, 1.807) is 29.4 Å². The number of para-hydroxylation sites is 1. The molecule has 6 rings (SSSR count). The fourth-order valence-electron chi connectivity index (χ4n) is 5.21. The van der Waals surface area contributed by atoms with E-state index in [0.717, 1.165) is 51.3 Å². The van der Waals surface area contributed by atoms with Crippen LogP contribution in [-0.2, 0) is 11.8 Å². The van der Waals surface area contributed by atoms with Crippen molar-refractivity contribution >= 4 is 39.7 Å². The maximum absolute atomic E-state index is 13.3. The van der Waals surface area contributed by atoms with E-state index in [4.69, 9.17) is 9.47 Å². The van der Waals surface area contributed by atoms with Gasteiger partial charge in [0.15, 0.2) is 10.8 Å². The third-order valence-electron chi connectivity index (χ3n) is 7.29. The highest BCUT2D eigenvalue weighted by Crippen LogP contribution is 2.31. The van der Waals surface area contributed by atoms with Gasteiger partial charge < -0.3 is 25.0 Å². The Morgan fingerprint density at radius 2 is 2.13 bits per heavy atom. The van der Waals surface area contributed by atoms with Crippen LogP contribution in [0.2, 0.25) is 0 Å². The first-order valence-corrected chi connectivity index (χ1v) is 14.0. The normalized spacial score (nSPS) is 19.5. The zero-order chi connectivity index (χ0) is 27.0. The molecule has 2 N–H and O–H groups in total. The zero-order valence-electron chi connectivity index (χ0n) is 22.0. The Morgan fingerprint density at radius 1 is 1.28 bits per heavy atom. The molecular formula is C27H31N7O4S. The van der Waals surface area contributed by atoms with Crippen molar-refractivity contribution in [3.05, 3.63) is 57.5 Å². The summed E-state index contributed by atoms with van der Waals surface area (Å²) in [5.41, 5.74) is 2.27. The van der Waals surface area contributed by atoms with E-state index < -0.39 is 0 Å². The van der Waals surface area contributed by atoms with Crippen molar-refractivity contribution in [2.75, 3.05) is 49.6 Å². The van der Waals surface area contributed by atoms with Crippen molar-refractivity contribution in [2.24, 2.45) is 7.05 Å². The molecule has 12 heteroatoms. The molecule has 1 unspecified atom stereocenters. The number of thiazole rings is 1. The first kappa shape index (κ1) is 25.5. The van der Waals surface area contributed by atoms with Gasteiger partial charge in [-0.25, -0.2) is 14.3 Å². The molecule has 2 saturated heterocycles. The molecule has 204 valence electrons. The number of piperazine rings is 1. The van der Waals surface area contributed by atoms with Gasteiger partial charge in [-0.05, 0) is 38.0 Å². The van der Waals surface area contributed by atoms with Crippen LogP contribution in [0, 0.1) is 0 Å². The first-order valence-electron chi connectivity index (χ1n) is 13.1. The second-order valence-corrected chi connectivity index (χ2v) is 10.9. The number of carbonyl (C=O) groups is 1. The summed E-state index contributed by atoms with van der Waals surface area (Å²) in [7, 11) is 1.71. The molecule has 0 saturated carbocycles. The number of hydrogen-bond acceptors (Lipinski definition) is 9. The number of aryl methyl sites for hydroxylation is 1. The molecule has 2 aliphatic heterocycles. The van der Waals surface area contributed by atoms with Crippen molar-refractivity contribution in [3.63, 3.8) is 0 Å². The van der Waals surface area contributed by atoms with Gasteiger partial charge >= 0.3 is 5.69 Å². The van der Waals surface area contributed by atoms with Crippen LogP contribution in [-0.4, -0.2) is 70.0 Å². The second-order valence-electron chi connectivity index (χ2n) is 10.1. The van der Waals surface area contributed by atoms with E-state index in [0.29, 0.717) is 34.9 Å². The van der Waals surface area contributed by atoms with E-state index >= 15 is 0 Å². The minimum absolute atomic E-state index is 0.253. The predicted molar refractivity (Wildman–Crippen MR) is 151 cm³/mol. The van der Waals surface area contributed by atoms with Crippen LogP contribution >= 0.6 is 11.3 Å². The monoisotopic (exact) mass is 549 g/mol. The molecule has 39 heavy (non-hydrogen) atoms. The highest BCUT2D eigenvalue weighted by atomic mass is 32.1. The van der Waals surface area contributed by atoms with Gasteiger partial charge in [-0.1, -0.05) is 6.07 Å². The van der Waals surface area contributed by atoms with Crippen molar-refractivity contribution in [1.29, 1.82) is 0 Å². The van der Waals surface area contributed by atoms with Gasteiger partial charge in [0.2, 0.25) is 0 Å². The Balaban J connectivity index is 1.27. The third kappa shape index (κ3) is 4.90. The molecule has 4 aromatic rings. The van der Waals surface area contributed by atoms with Gasteiger partial charge in [0.25, 0.3) is 5.91 Å². The maximum atomic E-state index is 13.3. The number of amides is 1. The topological polar surface area (TPSA) is 116 Å². The lowest BCUT2D eigenvalue weighted by Crippen LogP contribution is -2.43. The molecule has 2 fully saturated rings. The molecule has 3 aromatic heterocycles. The summed E-state index contributed by atoms with van der Waals surface area (Å²) in [5, 5.41) is 8.27. The molecule has 2 aliphatic rings. The fraction of sp³-hybridized carbons (Fsp3) is 0.407. The molecule has 0 aliphatic carbocycles. The van der Waals surface area contributed by atoms with Crippen molar-refractivity contribution in [1.82, 2.24) is 24.4 Å². The number of ether oxygens (including phenoxy) is 2. The van der Waals surface area contributed by atoms with Gasteiger partial charge in [0, 0.05) is 51.4 Å². The molecule has 0 radical (unpaired) electrons. The number of imidazole rings is 1. The predicted octanol–water partition coefficient (Wildman–Crippen LogP) is 2.79. The molecule has 1 atom stereocenters. The van der Waals surface area contributed by atoms with Gasteiger partial charge in [-0.2, -0.15) is 0 Å². The van der Waals surface area contributed by atoms with Crippen LogP contribution in [0.1, 0.15) is 29.6 Å². The molecule has 11 nitrogen and oxygen atoms in total. The Labute approximate surface area is 229 Å². The Kier molecular flexibility index (Phi) is 6.83. The lowest BCUT2D eigenvalue weighted by Gasteiger charge is -2.30. The lowest BCUT2D eigenvalue weighted by molar-refractivity contribution is -0.0155. The van der Waals surface area contributed by atoms with E-state index in [1.807, 2.05) is 31.2 Å². The number of anilines is 2. The molecule has 0 bridgehead atoms. The van der Waals surface area contributed by atoms with Crippen molar-refractivity contribution < 1.29 is 14.3 Å². The number of carbonyl (C=O) groups excluding carboxylic acids is 1. The summed E-state index contributed by atoms with van der Waals surface area (Å²) in [5.74, 6) is 0.642. The SMILES string of the molecule is Cn1c(=O)n(-c2csc(C(=O)Nc3cnccc3N3CCNCC3)n2)c2cccc(OCC3(C)CCCO3)c21. The van der Waals surface area contributed by atoms with Crippen LogP contribution in [0.5, 0.6) is 5.75 Å². The van der Waals surface area contributed by atoms with Crippen LogP contribution < -0.4 is 26.0 Å². The van der Waals surface area contributed by atoms with Crippen LogP contribution in [0.4, 0.5) is 11.4 Å². The van der Waals surface area contributed by atoms with E-state index in [2.05, 4.69) is 25.5 Å². The van der Waals surface area contributed by atoms with Crippen LogP contribution in [0.25, 0.3) is 16.9 Å². The first-order chi connectivity index (χ1) is 18.9. The van der Waals surface area contributed by atoms with Gasteiger partial charge in [-0.3, -0.25) is 14.3 Å². The van der Waals surface area contributed by atoms with Gasteiger partial charge in [0.1, 0.15) is 17.9 Å². The third-order valence-corrected chi connectivity index (χ3v) is 8.11. The average Bonchev–Trinajstić information content (AvgIpc) is 3.68. The Bertz CT molecular complexity index is 1560. The highest BCUT2D eigenvalue weighted by Gasteiger charge is 2.31. The molecule has 1 aromatic carbocycles. The molecule has 0 spiro atoms. The van der Waals surface area contributed by atoms with Crippen molar-refractivity contribution in [2.45, 2.75) is 25.4 Å². The number of aromatic nitrogens is 4.